The van der Waals surface area contributed by atoms with Crippen molar-refractivity contribution in [3.63, 3.8) is 0 Å². The van der Waals surface area contributed by atoms with E-state index in [9.17, 15) is 4.79 Å². The molecular weight excluding hydrogens is 278 g/mol. The van der Waals surface area contributed by atoms with Crippen LogP contribution in [0.4, 0.5) is 5.69 Å². The number of nitrogens with zero attached hydrogens (tertiary/aromatic N) is 1. The predicted octanol–water partition coefficient (Wildman–Crippen LogP) is 3.00. The third kappa shape index (κ3) is 3.51. The Morgan fingerprint density at radius 2 is 2.20 bits per heavy atom. The zero-order valence-corrected chi connectivity index (χ0v) is 12.1. The number of anilines is 1. The zero-order chi connectivity index (χ0) is 14.5. The molecule has 1 heterocycles. The normalized spacial score (nSPS) is 10.3. The largest absolute Gasteiger partial charge is 0.385 e. The molecule has 0 unspecified atom stereocenters. The van der Waals surface area contributed by atoms with Gasteiger partial charge in [-0.1, -0.05) is 16.8 Å². The molecule has 0 radical (unpaired) electrons. The van der Waals surface area contributed by atoms with Crippen LogP contribution in [0.5, 0.6) is 0 Å². The SMILES string of the molecule is CCNc1ccc(Cl)cc1C(=O)NCc1cc(C)on1. The van der Waals surface area contributed by atoms with Crippen LogP contribution in [0.1, 0.15) is 28.7 Å². The molecule has 0 bridgehead atoms. The molecule has 6 heteroatoms. The van der Waals surface area contributed by atoms with Gasteiger partial charge in [-0.05, 0) is 32.0 Å². The molecule has 1 amide bonds. The Labute approximate surface area is 122 Å². The maximum Gasteiger partial charge on any atom is 0.253 e. The summed E-state index contributed by atoms with van der Waals surface area (Å²) in [5.74, 6) is 0.509. The molecule has 20 heavy (non-hydrogen) atoms. The van der Waals surface area contributed by atoms with Gasteiger partial charge in [0.15, 0.2) is 0 Å². The minimum Gasteiger partial charge on any atom is -0.385 e. The molecule has 0 saturated heterocycles. The van der Waals surface area contributed by atoms with Crippen LogP contribution < -0.4 is 10.6 Å². The number of hydrogen-bond donors (Lipinski definition) is 2. The number of benzene rings is 1. The number of nitrogens with one attached hydrogen (secondary N) is 2. The van der Waals surface area contributed by atoms with E-state index in [4.69, 9.17) is 16.1 Å². The summed E-state index contributed by atoms with van der Waals surface area (Å²) in [4.78, 5) is 12.2. The average Bonchev–Trinajstić information content (AvgIpc) is 2.84. The molecule has 0 saturated carbocycles. The quantitative estimate of drug-likeness (QED) is 0.889. The van der Waals surface area contributed by atoms with Crippen LogP contribution in [-0.2, 0) is 6.54 Å². The number of aromatic nitrogens is 1. The fourth-order valence-electron chi connectivity index (χ4n) is 1.82. The van der Waals surface area contributed by atoms with Crippen LogP contribution in [0.3, 0.4) is 0 Å². The van der Waals surface area contributed by atoms with Crippen molar-refractivity contribution >= 4 is 23.2 Å². The Morgan fingerprint density at radius 3 is 2.85 bits per heavy atom. The van der Waals surface area contributed by atoms with E-state index in [1.807, 2.05) is 6.92 Å². The van der Waals surface area contributed by atoms with Crippen molar-refractivity contribution in [3.05, 3.63) is 46.3 Å². The molecule has 0 fully saturated rings. The minimum absolute atomic E-state index is 0.205. The molecule has 0 aliphatic rings. The van der Waals surface area contributed by atoms with E-state index in [0.717, 1.165) is 12.2 Å². The molecule has 0 atom stereocenters. The van der Waals surface area contributed by atoms with E-state index in [1.165, 1.54) is 0 Å². The molecular formula is C14H16ClN3O2. The van der Waals surface area contributed by atoms with Gasteiger partial charge < -0.3 is 15.2 Å². The van der Waals surface area contributed by atoms with Crippen LogP contribution in [0, 0.1) is 6.92 Å². The molecule has 1 aromatic carbocycles. The first-order valence-electron chi connectivity index (χ1n) is 6.34. The molecule has 2 rings (SSSR count). The maximum atomic E-state index is 12.2. The standard InChI is InChI=1S/C14H16ClN3O2/c1-3-16-13-5-4-10(15)7-12(13)14(19)17-8-11-6-9(2)20-18-11/h4-7,16H,3,8H2,1-2H3,(H,17,19). The Balaban J connectivity index is 2.09. The first-order chi connectivity index (χ1) is 9.60. The van der Waals surface area contributed by atoms with Gasteiger partial charge in [0.05, 0.1) is 12.1 Å². The molecule has 1 aromatic heterocycles. The lowest BCUT2D eigenvalue weighted by Gasteiger charge is -2.11. The Bertz CT molecular complexity index is 610. The van der Waals surface area contributed by atoms with E-state index in [0.29, 0.717) is 28.6 Å². The second-order valence-electron chi connectivity index (χ2n) is 4.33. The lowest BCUT2D eigenvalue weighted by Crippen LogP contribution is -2.24. The second kappa shape index (κ2) is 6.43. The second-order valence-corrected chi connectivity index (χ2v) is 4.77. The summed E-state index contributed by atoms with van der Waals surface area (Å²) in [5.41, 5.74) is 1.95. The van der Waals surface area contributed by atoms with Crippen LogP contribution in [0.15, 0.2) is 28.8 Å². The Morgan fingerprint density at radius 1 is 1.40 bits per heavy atom. The van der Waals surface area contributed by atoms with Crippen molar-refractivity contribution in [2.45, 2.75) is 20.4 Å². The van der Waals surface area contributed by atoms with Gasteiger partial charge in [0.1, 0.15) is 11.5 Å². The van der Waals surface area contributed by atoms with Gasteiger partial charge in [-0.25, -0.2) is 0 Å². The lowest BCUT2D eigenvalue weighted by atomic mass is 10.1. The van der Waals surface area contributed by atoms with Gasteiger partial charge in [-0.3, -0.25) is 4.79 Å². The topological polar surface area (TPSA) is 67.2 Å². The van der Waals surface area contributed by atoms with Crippen molar-refractivity contribution < 1.29 is 9.32 Å². The van der Waals surface area contributed by atoms with Crippen LogP contribution >= 0.6 is 11.6 Å². The molecule has 0 spiro atoms. The number of carbonyl (C=O) groups excluding carboxylic acids is 1. The first-order valence-corrected chi connectivity index (χ1v) is 6.71. The van der Waals surface area contributed by atoms with E-state index >= 15 is 0 Å². The molecule has 5 nitrogen and oxygen atoms in total. The van der Waals surface area contributed by atoms with Gasteiger partial charge in [0.2, 0.25) is 0 Å². The van der Waals surface area contributed by atoms with Crippen molar-refractivity contribution in [1.82, 2.24) is 10.5 Å². The summed E-state index contributed by atoms with van der Waals surface area (Å²) >= 11 is 5.95. The molecule has 106 valence electrons. The molecule has 2 aromatic rings. The van der Waals surface area contributed by atoms with Crippen molar-refractivity contribution in [3.8, 4) is 0 Å². The predicted molar refractivity (Wildman–Crippen MR) is 78.0 cm³/mol. The molecule has 0 aliphatic heterocycles. The van der Waals surface area contributed by atoms with Crippen molar-refractivity contribution in [2.75, 3.05) is 11.9 Å². The van der Waals surface area contributed by atoms with Gasteiger partial charge in [-0.15, -0.1) is 0 Å². The van der Waals surface area contributed by atoms with E-state index in [1.54, 1.807) is 31.2 Å². The smallest absolute Gasteiger partial charge is 0.253 e. The van der Waals surface area contributed by atoms with Gasteiger partial charge in [0, 0.05) is 23.3 Å². The Kier molecular flexibility index (Phi) is 4.63. The summed E-state index contributed by atoms with van der Waals surface area (Å²) in [6.07, 6.45) is 0. The summed E-state index contributed by atoms with van der Waals surface area (Å²) in [6, 6.07) is 6.96. The van der Waals surface area contributed by atoms with Crippen molar-refractivity contribution in [2.24, 2.45) is 0 Å². The number of amides is 1. The van der Waals surface area contributed by atoms with E-state index in [2.05, 4.69) is 15.8 Å². The fraction of sp³-hybridized carbons (Fsp3) is 0.286. The van der Waals surface area contributed by atoms with Crippen molar-refractivity contribution in [1.29, 1.82) is 0 Å². The van der Waals surface area contributed by atoms with Gasteiger partial charge >= 0.3 is 0 Å². The lowest BCUT2D eigenvalue weighted by molar-refractivity contribution is 0.0951. The monoisotopic (exact) mass is 293 g/mol. The van der Waals surface area contributed by atoms with Crippen LogP contribution in [0.25, 0.3) is 0 Å². The van der Waals surface area contributed by atoms with Gasteiger partial charge in [0.25, 0.3) is 5.91 Å². The summed E-state index contributed by atoms with van der Waals surface area (Å²) < 4.78 is 4.95. The number of rotatable bonds is 5. The number of carbonyl (C=O) groups is 1. The highest BCUT2D eigenvalue weighted by Gasteiger charge is 2.12. The highest BCUT2D eigenvalue weighted by Crippen LogP contribution is 2.20. The highest BCUT2D eigenvalue weighted by atomic mass is 35.5. The summed E-state index contributed by atoms with van der Waals surface area (Å²) in [5, 5.41) is 10.3. The third-order valence-corrected chi connectivity index (χ3v) is 2.94. The summed E-state index contributed by atoms with van der Waals surface area (Å²) in [6.45, 7) is 4.81. The molecule has 0 aliphatic carbocycles. The zero-order valence-electron chi connectivity index (χ0n) is 11.4. The van der Waals surface area contributed by atoms with E-state index in [-0.39, 0.29) is 5.91 Å². The third-order valence-electron chi connectivity index (χ3n) is 2.70. The first kappa shape index (κ1) is 14.4. The highest BCUT2D eigenvalue weighted by molar-refractivity contribution is 6.31. The average molecular weight is 294 g/mol. The van der Waals surface area contributed by atoms with Crippen LogP contribution in [0.2, 0.25) is 5.02 Å². The molecule has 2 N–H and O–H groups in total. The Hall–Kier alpha value is -2.01. The number of aryl methyl sites for hydroxylation is 1. The van der Waals surface area contributed by atoms with E-state index < -0.39 is 0 Å². The van der Waals surface area contributed by atoms with Gasteiger partial charge in [-0.2, -0.15) is 0 Å². The minimum atomic E-state index is -0.205. The van der Waals surface area contributed by atoms with Crippen LogP contribution in [-0.4, -0.2) is 17.6 Å². The number of halogens is 1. The number of hydrogen-bond acceptors (Lipinski definition) is 4. The fourth-order valence-corrected chi connectivity index (χ4v) is 1.99. The maximum absolute atomic E-state index is 12.2. The summed E-state index contributed by atoms with van der Waals surface area (Å²) in [7, 11) is 0.